The zero-order valence-electron chi connectivity index (χ0n) is 14.5. The summed E-state index contributed by atoms with van der Waals surface area (Å²) in [6.07, 6.45) is -2.64. The molecular formula is C17H17F3N4O. The van der Waals surface area contributed by atoms with E-state index in [1.54, 1.807) is 0 Å². The molecule has 2 aromatic rings. The quantitative estimate of drug-likeness (QED) is 0.888. The van der Waals surface area contributed by atoms with Gasteiger partial charge < -0.3 is 15.4 Å². The average molecular weight is 351 g/mol. The van der Waals surface area contributed by atoms with Gasteiger partial charge in [-0.15, -0.1) is 0 Å². The van der Waals surface area contributed by atoms with Gasteiger partial charge in [0.2, 0.25) is 5.95 Å². The average Bonchev–Trinajstić information content (AvgIpc) is 3.34. The highest BCUT2D eigenvalue weighted by Gasteiger charge is 2.47. The Morgan fingerprint density at radius 2 is 2.12 bits per heavy atom. The third-order valence-corrected chi connectivity index (χ3v) is 4.78. The van der Waals surface area contributed by atoms with Crippen LogP contribution in [0.3, 0.4) is 0 Å². The number of methoxy groups -OCH3 is 1. The van der Waals surface area contributed by atoms with Gasteiger partial charge in [-0.2, -0.15) is 13.2 Å². The standard InChI is InChI=1S/C17H17F3N4O/c1-25-14-5-12-10(6-21-9-16(12)2-3-16)4-13(14)24-15-22-7-11(8-23-15)17(18,19)20/h4-5,7-8,21H,2-3,6,9H2,1H3,(H,22,23,24)/i7D. The number of anilines is 2. The van der Waals surface area contributed by atoms with E-state index in [0.29, 0.717) is 24.2 Å². The summed E-state index contributed by atoms with van der Waals surface area (Å²) in [7, 11) is 1.54. The summed E-state index contributed by atoms with van der Waals surface area (Å²) in [5.74, 6) is 0.498. The highest BCUT2D eigenvalue weighted by atomic mass is 19.4. The van der Waals surface area contributed by atoms with Crippen LogP contribution >= 0.6 is 0 Å². The Kier molecular flexibility index (Phi) is 3.34. The molecule has 2 aliphatic rings. The molecular weight excluding hydrogens is 333 g/mol. The number of nitrogens with zero attached hydrogens (tertiary/aromatic N) is 2. The van der Waals surface area contributed by atoms with E-state index in [1.165, 1.54) is 12.7 Å². The van der Waals surface area contributed by atoms with Crippen molar-refractivity contribution in [1.29, 1.82) is 0 Å². The van der Waals surface area contributed by atoms with Gasteiger partial charge >= 0.3 is 6.18 Å². The Morgan fingerprint density at radius 1 is 1.32 bits per heavy atom. The number of fused-ring (bicyclic) bond motifs is 2. The summed E-state index contributed by atoms with van der Waals surface area (Å²) in [4.78, 5) is 7.31. The first kappa shape index (κ1) is 14.9. The predicted molar refractivity (Wildman–Crippen MR) is 85.9 cm³/mol. The van der Waals surface area contributed by atoms with Crippen molar-refractivity contribution in [2.75, 3.05) is 19.0 Å². The van der Waals surface area contributed by atoms with Crippen molar-refractivity contribution in [3.8, 4) is 5.75 Å². The van der Waals surface area contributed by atoms with Crippen molar-refractivity contribution in [2.45, 2.75) is 31.0 Å². The first-order chi connectivity index (χ1) is 12.3. The molecule has 0 radical (unpaired) electrons. The maximum Gasteiger partial charge on any atom is 0.419 e. The lowest BCUT2D eigenvalue weighted by Gasteiger charge is -2.27. The molecule has 5 nitrogen and oxygen atoms in total. The Hall–Kier alpha value is -2.35. The van der Waals surface area contributed by atoms with Crippen LogP contribution in [0, 0.1) is 0 Å². The van der Waals surface area contributed by atoms with Crippen LogP contribution in [-0.2, 0) is 18.1 Å². The predicted octanol–water partition coefficient (Wildman–Crippen LogP) is 3.38. The van der Waals surface area contributed by atoms with Crippen LogP contribution in [0.25, 0.3) is 0 Å². The highest BCUT2D eigenvalue weighted by Crippen LogP contribution is 2.52. The van der Waals surface area contributed by atoms with Gasteiger partial charge in [0, 0.05) is 30.9 Å². The lowest BCUT2D eigenvalue weighted by molar-refractivity contribution is -0.138. The van der Waals surface area contributed by atoms with E-state index in [2.05, 4.69) is 20.6 Å². The van der Waals surface area contributed by atoms with Crippen LogP contribution in [0.15, 0.2) is 24.5 Å². The summed E-state index contributed by atoms with van der Waals surface area (Å²) in [6, 6.07) is 3.89. The number of hydrogen-bond acceptors (Lipinski definition) is 5. The molecule has 4 rings (SSSR count). The van der Waals surface area contributed by atoms with Crippen LogP contribution < -0.4 is 15.4 Å². The normalized spacial score (nSPS) is 18.5. The number of ether oxygens (including phenoxy) is 1. The van der Waals surface area contributed by atoms with E-state index < -0.39 is 17.9 Å². The molecule has 2 N–H and O–H groups in total. The number of halogens is 3. The van der Waals surface area contributed by atoms with Crippen molar-refractivity contribution in [3.63, 3.8) is 0 Å². The second kappa shape index (κ2) is 5.59. The minimum absolute atomic E-state index is 0.0776. The van der Waals surface area contributed by atoms with Gasteiger partial charge in [-0.05, 0) is 36.1 Å². The minimum Gasteiger partial charge on any atom is -0.495 e. The molecule has 1 aliphatic heterocycles. The fourth-order valence-corrected chi connectivity index (χ4v) is 3.27. The number of alkyl halides is 3. The summed E-state index contributed by atoms with van der Waals surface area (Å²) in [6.45, 7) is 1.66. The van der Waals surface area contributed by atoms with Crippen molar-refractivity contribution in [1.82, 2.24) is 15.3 Å². The molecule has 0 bridgehead atoms. The topological polar surface area (TPSA) is 59.1 Å². The summed E-state index contributed by atoms with van der Waals surface area (Å²) >= 11 is 0. The summed E-state index contributed by atoms with van der Waals surface area (Å²) < 4.78 is 51.2. The Labute approximate surface area is 144 Å². The number of rotatable bonds is 3. The molecule has 1 aromatic carbocycles. The highest BCUT2D eigenvalue weighted by molar-refractivity contribution is 5.66. The van der Waals surface area contributed by atoms with Gasteiger partial charge in [-0.3, -0.25) is 0 Å². The number of aromatic nitrogens is 2. The summed E-state index contributed by atoms with van der Waals surface area (Å²) in [5, 5.41) is 6.28. The third-order valence-electron chi connectivity index (χ3n) is 4.78. The molecule has 0 amide bonds. The molecule has 0 saturated heterocycles. The largest absolute Gasteiger partial charge is 0.495 e. The van der Waals surface area contributed by atoms with E-state index >= 15 is 0 Å². The fourth-order valence-electron chi connectivity index (χ4n) is 3.27. The zero-order chi connectivity index (χ0) is 18.5. The number of hydrogen-bond donors (Lipinski definition) is 2. The Bertz CT molecular complexity index is 868. The molecule has 132 valence electrons. The second-order valence-electron chi connectivity index (χ2n) is 6.44. The van der Waals surface area contributed by atoms with Gasteiger partial charge in [0.25, 0.3) is 0 Å². The zero-order valence-corrected chi connectivity index (χ0v) is 13.5. The number of benzene rings is 1. The lowest BCUT2D eigenvalue weighted by atomic mass is 9.87. The van der Waals surface area contributed by atoms with Crippen LogP contribution in [0.1, 0.15) is 30.9 Å². The molecule has 0 unspecified atom stereocenters. The maximum absolute atomic E-state index is 12.7. The van der Waals surface area contributed by atoms with Gasteiger partial charge in [-0.25, -0.2) is 9.97 Å². The smallest absolute Gasteiger partial charge is 0.419 e. The van der Waals surface area contributed by atoms with E-state index in [4.69, 9.17) is 6.11 Å². The van der Waals surface area contributed by atoms with Gasteiger partial charge in [-0.1, -0.05) is 0 Å². The molecule has 1 aliphatic carbocycles. The summed E-state index contributed by atoms with van der Waals surface area (Å²) in [5.41, 5.74) is 1.95. The molecule has 1 aromatic heterocycles. The Morgan fingerprint density at radius 3 is 2.76 bits per heavy atom. The van der Waals surface area contributed by atoms with Crippen molar-refractivity contribution in [2.24, 2.45) is 0 Å². The second-order valence-corrected chi connectivity index (χ2v) is 6.44. The first-order valence-corrected chi connectivity index (χ1v) is 7.92. The maximum atomic E-state index is 12.7. The minimum atomic E-state index is -4.65. The van der Waals surface area contributed by atoms with Crippen molar-refractivity contribution in [3.05, 3.63) is 41.2 Å². The van der Waals surface area contributed by atoms with Gasteiger partial charge in [0.1, 0.15) is 5.75 Å². The van der Waals surface area contributed by atoms with Crippen LogP contribution in [-0.4, -0.2) is 23.6 Å². The van der Waals surface area contributed by atoms with Gasteiger partial charge in [0.05, 0.1) is 19.7 Å². The molecule has 25 heavy (non-hydrogen) atoms. The molecule has 8 heteroatoms. The van der Waals surface area contributed by atoms with Gasteiger partial charge in [0.15, 0.2) is 0 Å². The van der Waals surface area contributed by atoms with Crippen LogP contribution in [0.2, 0.25) is 0 Å². The lowest BCUT2D eigenvalue weighted by Crippen LogP contribution is -2.33. The molecule has 0 atom stereocenters. The Balaban J connectivity index is 1.67. The van der Waals surface area contributed by atoms with E-state index in [0.717, 1.165) is 24.9 Å². The van der Waals surface area contributed by atoms with Crippen LogP contribution in [0.5, 0.6) is 5.75 Å². The van der Waals surface area contributed by atoms with E-state index in [-0.39, 0.29) is 11.4 Å². The molecule has 2 heterocycles. The van der Waals surface area contributed by atoms with Crippen molar-refractivity contribution >= 4 is 11.6 Å². The third kappa shape index (κ3) is 2.90. The SMILES string of the molecule is [2H]c1nc(Nc2cc3c(cc2OC)C2(CC2)CNC3)ncc1C(F)(F)F. The molecule has 1 saturated carbocycles. The van der Waals surface area contributed by atoms with Crippen LogP contribution in [0.4, 0.5) is 24.8 Å². The van der Waals surface area contributed by atoms with E-state index in [9.17, 15) is 13.2 Å². The fraction of sp³-hybridized carbons (Fsp3) is 0.412. The molecule has 1 spiro atoms. The van der Waals surface area contributed by atoms with E-state index in [1.807, 2.05) is 12.1 Å². The first-order valence-electron chi connectivity index (χ1n) is 8.42. The number of nitrogens with one attached hydrogen (secondary N) is 2. The molecule has 1 fully saturated rings. The monoisotopic (exact) mass is 351 g/mol. The van der Waals surface area contributed by atoms with Crippen molar-refractivity contribution < 1.29 is 19.3 Å².